The van der Waals surface area contributed by atoms with Crippen molar-refractivity contribution in [2.45, 2.75) is 49.9 Å². The summed E-state index contributed by atoms with van der Waals surface area (Å²) in [6, 6.07) is -1.25. The Labute approximate surface area is 119 Å². The topological polar surface area (TPSA) is 174 Å². The number of aliphatic hydroxyl groups is 3. The molecular formula is C11H17NO9. The highest BCUT2D eigenvalue weighted by molar-refractivity contribution is 5.75. The highest BCUT2D eigenvalue weighted by Crippen LogP contribution is 2.24. The second-order valence-electron chi connectivity index (χ2n) is 4.73. The lowest BCUT2D eigenvalue weighted by Gasteiger charge is -2.41. The van der Waals surface area contributed by atoms with Gasteiger partial charge < -0.3 is 35.6 Å². The van der Waals surface area contributed by atoms with Crippen molar-refractivity contribution in [2.24, 2.45) is 0 Å². The van der Waals surface area contributed by atoms with Gasteiger partial charge in [0.2, 0.25) is 5.91 Å². The van der Waals surface area contributed by atoms with Crippen LogP contribution in [-0.2, 0) is 19.1 Å². The minimum Gasteiger partial charge on any atom is -0.479 e. The number of carboxylic acids is 2. The fraction of sp³-hybridized carbons (Fsp3) is 0.727. The van der Waals surface area contributed by atoms with Gasteiger partial charge in [0.25, 0.3) is 0 Å². The smallest absolute Gasteiger partial charge is 0.335 e. The van der Waals surface area contributed by atoms with Gasteiger partial charge in [0.15, 0.2) is 12.2 Å². The van der Waals surface area contributed by atoms with Crippen LogP contribution in [0.15, 0.2) is 0 Å². The number of carbonyl (C=O) groups excluding carboxylic acids is 1. The quantitative estimate of drug-likeness (QED) is 0.307. The van der Waals surface area contributed by atoms with Gasteiger partial charge in [-0.2, -0.15) is 0 Å². The van der Waals surface area contributed by atoms with E-state index in [0.29, 0.717) is 0 Å². The third kappa shape index (κ3) is 4.11. The van der Waals surface area contributed by atoms with Crippen LogP contribution in [0.3, 0.4) is 0 Å². The molecule has 10 heteroatoms. The van der Waals surface area contributed by atoms with E-state index in [1.54, 1.807) is 0 Å². The van der Waals surface area contributed by atoms with Crippen LogP contribution in [0.1, 0.15) is 13.3 Å². The summed E-state index contributed by atoms with van der Waals surface area (Å²) >= 11 is 0. The van der Waals surface area contributed by atoms with E-state index in [4.69, 9.17) is 14.9 Å². The number of nitrogens with one attached hydrogen (secondary N) is 1. The molecular weight excluding hydrogens is 290 g/mol. The van der Waals surface area contributed by atoms with Crippen molar-refractivity contribution in [3.05, 3.63) is 0 Å². The summed E-state index contributed by atoms with van der Waals surface area (Å²) in [5.41, 5.74) is 0. The van der Waals surface area contributed by atoms with Gasteiger partial charge >= 0.3 is 11.9 Å². The summed E-state index contributed by atoms with van der Waals surface area (Å²) in [7, 11) is 0. The highest BCUT2D eigenvalue weighted by Gasteiger charge is 2.47. The summed E-state index contributed by atoms with van der Waals surface area (Å²) in [6.45, 7) is 1.12. The van der Waals surface area contributed by atoms with E-state index in [1.807, 2.05) is 0 Å². The molecule has 0 aromatic rings. The van der Waals surface area contributed by atoms with Crippen molar-refractivity contribution in [3.63, 3.8) is 0 Å². The van der Waals surface area contributed by atoms with E-state index in [2.05, 4.69) is 5.32 Å². The monoisotopic (exact) mass is 307 g/mol. The summed E-state index contributed by atoms with van der Waals surface area (Å²) in [5.74, 6) is -3.77. The molecule has 0 aromatic heterocycles. The van der Waals surface area contributed by atoms with Gasteiger partial charge in [0.1, 0.15) is 12.2 Å². The van der Waals surface area contributed by atoms with Crippen molar-refractivity contribution < 1.29 is 44.7 Å². The van der Waals surface area contributed by atoms with Crippen LogP contribution in [0, 0.1) is 0 Å². The lowest BCUT2D eigenvalue weighted by atomic mass is 9.90. The average Bonchev–Trinajstić information content (AvgIpc) is 2.38. The molecule has 0 aliphatic carbocycles. The van der Waals surface area contributed by atoms with Crippen LogP contribution in [0.2, 0.25) is 0 Å². The van der Waals surface area contributed by atoms with Gasteiger partial charge in [-0.1, -0.05) is 0 Å². The average molecular weight is 307 g/mol. The molecule has 6 unspecified atom stereocenters. The van der Waals surface area contributed by atoms with Gasteiger partial charge in [-0.25, -0.2) is 9.59 Å². The van der Waals surface area contributed by atoms with E-state index < -0.39 is 54.4 Å². The molecule has 1 saturated heterocycles. The molecule has 120 valence electrons. The first kappa shape index (κ1) is 17.3. The van der Waals surface area contributed by atoms with Crippen LogP contribution < -0.4 is 5.32 Å². The van der Waals surface area contributed by atoms with E-state index in [1.165, 1.54) is 0 Å². The van der Waals surface area contributed by atoms with E-state index >= 15 is 0 Å². The maximum Gasteiger partial charge on any atom is 0.335 e. The summed E-state index contributed by atoms with van der Waals surface area (Å²) in [4.78, 5) is 32.7. The molecule has 1 aliphatic rings. The van der Waals surface area contributed by atoms with Gasteiger partial charge in [-0.3, -0.25) is 4.79 Å². The Morgan fingerprint density at radius 3 is 2.24 bits per heavy atom. The Morgan fingerprint density at radius 1 is 1.24 bits per heavy atom. The van der Waals surface area contributed by atoms with Crippen LogP contribution in [0.4, 0.5) is 0 Å². The van der Waals surface area contributed by atoms with Crippen molar-refractivity contribution in [2.75, 3.05) is 0 Å². The van der Waals surface area contributed by atoms with Crippen molar-refractivity contribution in [3.8, 4) is 0 Å². The highest BCUT2D eigenvalue weighted by atomic mass is 16.5. The maximum atomic E-state index is 11.1. The molecule has 0 radical (unpaired) electrons. The second kappa shape index (κ2) is 6.80. The molecule has 1 rings (SSSR count). The van der Waals surface area contributed by atoms with Crippen LogP contribution in [-0.4, -0.2) is 79.9 Å². The number of hydrogen-bond acceptors (Lipinski definition) is 7. The lowest BCUT2D eigenvalue weighted by Crippen LogP contribution is -2.63. The van der Waals surface area contributed by atoms with Crippen molar-refractivity contribution in [1.82, 2.24) is 5.32 Å². The number of carbonyl (C=O) groups is 3. The standard InChI is InChI=1S/C11H17NO9/c1-3(13)12-6-4(14)2-5(10(17)18)21-9(6)7(15)8(16)11(19)20/h4-9,14-16H,2H2,1H3,(H,12,13)(H,17,18)(H,19,20). The largest absolute Gasteiger partial charge is 0.479 e. The molecule has 1 amide bonds. The SMILES string of the molecule is CC(=O)NC1C(O)CC(C(=O)O)OC1C(O)C(O)C(=O)O. The van der Waals surface area contributed by atoms with Gasteiger partial charge in [0.05, 0.1) is 12.1 Å². The molecule has 6 atom stereocenters. The number of aliphatic carboxylic acids is 2. The Bertz CT molecular complexity index is 426. The molecule has 0 saturated carbocycles. The van der Waals surface area contributed by atoms with Crippen LogP contribution in [0.5, 0.6) is 0 Å². The number of amides is 1. The third-order valence-electron chi connectivity index (χ3n) is 3.10. The predicted octanol–water partition coefficient (Wildman–Crippen LogP) is -3.10. The molecule has 10 nitrogen and oxygen atoms in total. The van der Waals surface area contributed by atoms with Crippen LogP contribution in [0.25, 0.3) is 0 Å². The fourth-order valence-corrected chi connectivity index (χ4v) is 2.11. The first-order valence-electron chi connectivity index (χ1n) is 6.07. The summed E-state index contributed by atoms with van der Waals surface area (Å²) < 4.78 is 5.02. The summed E-state index contributed by atoms with van der Waals surface area (Å²) in [6.07, 6.45) is -9.12. The van der Waals surface area contributed by atoms with Crippen LogP contribution >= 0.6 is 0 Å². The maximum absolute atomic E-state index is 11.1. The summed E-state index contributed by atoms with van der Waals surface area (Å²) in [5, 5.41) is 48.8. The minimum atomic E-state index is -2.26. The second-order valence-corrected chi connectivity index (χ2v) is 4.73. The molecule has 1 fully saturated rings. The molecule has 1 heterocycles. The first-order valence-corrected chi connectivity index (χ1v) is 6.07. The minimum absolute atomic E-state index is 0.354. The van der Waals surface area contributed by atoms with Gasteiger partial charge in [-0.15, -0.1) is 0 Å². The fourth-order valence-electron chi connectivity index (χ4n) is 2.11. The number of ether oxygens (including phenoxy) is 1. The Hall–Kier alpha value is -1.75. The predicted molar refractivity (Wildman–Crippen MR) is 64.2 cm³/mol. The molecule has 0 aromatic carbocycles. The normalized spacial score (nSPS) is 32.0. The Kier molecular flexibility index (Phi) is 5.61. The number of carboxylic acid groups (broad SMARTS) is 2. The number of aliphatic hydroxyl groups excluding tert-OH is 3. The van der Waals surface area contributed by atoms with Crippen molar-refractivity contribution in [1.29, 1.82) is 0 Å². The number of hydrogen-bond donors (Lipinski definition) is 6. The molecule has 6 N–H and O–H groups in total. The molecule has 0 bridgehead atoms. The Balaban J connectivity index is 3.01. The van der Waals surface area contributed by atoms with Gasteiger partial charge in [0, 0.05) is 13.3 Å². The molecule has 21 heavy (non-hydrogen) atoms. The van der Waals surface area contributed by atoms with E-state index in [9.17, 15) is 29.7 Å². The zero-order valence-electron chi connectivity index (χ0n) is 11.0. The van der Waals surface area contributed by atoms with Gasteiger partial charge in [-0.05, 0) is 0 Å². The van der Waals surface area contributed by atoms with E-state index in [0.717, 1.165) is 6.92 Å². The zero-order chi connectivity index (χ0) is 16.3. The number of rotatable bonds is 5. The Morgan fingerprint density at radius 2 is 1.81 bits per heavy atom. The lowest BCUT2D eigenvalue weighted by molar-refractivity contribution is -0.197. The molecule has 1 aliphatic heterocycles. The first-order chi connectivity index (χ1) is 9.65. The zero-order valence-corrected chi connectivity index (χ0v) is 11.0. The third-order valence-corrected chi connectivity index (χ3v) is 3.10. The van der Waals surface area contributed by atoms with E-state index in [-0.39, 0.29) is 6.42 Å². The van der Waals surface area contributed by atoms with Crippen molar-refractivity contribution >= 4 is 17.8 Å². The molecule has 0 spiro atoms.